The summed E-state index contributed by atoms with van der Waals surface area (Å²) < 4.78 is 13.3. The van der Waals surface area contributed by atoms with Crippen molar-refractivity contribution in [2.45, 2.75) is 98.3 Å². The van der Waals surface area contributed by atoms with Crippen LogP contribution >= 0.6 is 0 Å². The Bertz CT molecular complexity index is 2530. The minimum Gasteiger partial charge on any atom is -0.467 e. The third kappa shape index (κ3) is 9.88. The van der Waals surface area contributed by atoms with Crippen molar-refractivity contribution in [2.24, 2.45) is 23.8 Å². The Morgan fingerprint density at radius 3 is 2.50 bits per heavy atom. The highest BCUT2D eigenvalue weighted by Gasteiger charge is 2.54. The standard InChI is InChI=1S/C52H65N7O7/c1-9-14-44(61)57-25-20-52(31-57)21-26-58(50(52)64)46(34(2)3)48(62)55-42(49(63)59-24-11-10-23-54-59)28-36-15-12-16-37(27-36)38-18-19-43-40(29-38)41(30-51(5,6)32-66-33-60)47(56(43)7)39-17-13-22-53-45(39)35(4)65-8/h12-13,15-19,22,27,29,33-35,42,46,54H,10-11,20-21,23-26,28,30-32H2,1-8H3,(H,55,62)/t35-,42-,46-,52?/m0/s1. The Labute approximate surface area is 388 Å². The van der Waals surface area contributed by atoms with Gasteiger partial charge in [0.15, 0.2) is 0 Å². The molecule has 4 atom stereocenters. The van der Waals surface area contributed by atoms with Crippen molar-refractivity contribution in [3.63, 3.8) is 0 Å². The van der Waals surface area contributed by atoms with E-state index < -0.39 is 22.9 Å². The van der Waals surface area contributed by atoms with Gasteiger partial charge in [0.05, 0.1) is 29.5 Å². The molecule has 5 heterocycles. The maximum absolute atomic E-state index is 14.6. The summed E-state index contributed by atoms with van der Waals surface area (Å²) in [5.41, 5.74) is 9.79. The molecule has 1 spiro atoms. The van der Waals surface area contributed by atoms with Crippen molar-refractivity contribution < 1.29 is 33.4 Å². The minimum absolute atomic E-state index is 0.127. The van der Waals surface area contributed by atoms with E-state index in [0.717, 1.165) is 62.9 Å². The Hall–Kier alpha value is -6.04. The lowest BCUT2D eigenvalue weighted by Gasteiger charge is -2.35. The van der Waals surface area contributed by atoms with E-state index in [-0.39, 0.29) is 55.2 Å². The molecule has 66 heavy (non-hydrogen) atoms. The number of nitrogens with one attached hydrogen (secondary N) is 2. The number of ether oxygens (including phenoxy) is 2. The van der Waals surface area contributed by atoms with Crippen LogP contribution in [0.3, 0.4) is 0 Å². The molecule has 2 N–H and O–H groups in total. The molecule has 0 aliphatic carbocycles. The zero-order valence-corrected chi connectivity index (χ0v) is 39.7. The molecule has 3 saturated heterocycles. The number of pyridine rings is 1. The van der Waals surface area contributed by atoms with Gasteiger partial charge in [-0.3, -0.25) is 34.0 Å². The zero-order valence-electron chi connectivity index (χ0n) is 39.7. The van der Waals surface area contributed by atoms with Gasteiger partial charge in [0.2, 0.25) is 11.8 Å². The summed E-state index contributed by atoms with van der Waals surface area (Å²) in [5.74, 6) is 4.00. The molecule has 14 nitrogen and oxygen atoms in total. The molecule has 4 amide bonds. The van der Waals surface area contributed by atoms with Gasteiger partial charge >= 0.3 is 0 Å². The summed E-state index contributed by atoms with van der Waals surface area (Å²) in [5, 5.41) is 5.81. The van der Waals surface area contributed by atoms with E-state index in [1.165, 1.54) is 0 Å². The molecular formula is C52H65N7O7. The van der Waals surface area contributed by atoms with Gasteiger partial charge in [-0.15, -0.1) is 0 Å². The second kappa shape index (κ2) is 20.2. The Kier molecular flexibility index (Phi) is 14.7. The number of rotatable bonds is 16. The van der Waals surface area contributed by atoms with Crippen LogP contribution in [0.1, 0.15) is 90.2 Å². The van der Waals surface area contributed by atoms with Crippen LogP contribution in [0.2, 0.25) is 0 Å². The number of hydrogen-bond donors (Lipinski definition) is 2. The van der Waals surface area contributed by atoms with Gasteiger partial charge in [0.1, 0.15) is 12.1 Å². The van der Waals surface area contributed by atoms with E-state index >= 15 is 0 Å². The number of carbonyl (C=O) groups excluding carboxylic acids is 5. The van der Waals surface area contributed by atoms with Crippen LogP contribution in [0.15, 0.2) is 60.8 Å². The molecule has 0 saturated carbocycles. The Morgan fingerprint density at radius 2 is 1.79 bits per heavy atom. The van der Waals surface area contributed by atoms with Crippen LogP contribution in [0, 0.1) is 28.6 Å². The lowest BCUT2D eigenvalue weighted by Crippen LogP contribution is -2.59. The highest BCUT2D eigenvalue weighted by atomic mass is 16.5. The number of amides is 4. The topological polar surface area (TPSA) is 155 Å². The van der Waals surface area contributed by atoms with Crippen molar-refractivity contribution in [1.29, 1.82) is 0 Å². The Balaban J connectivity index is 1.21. The summed E-state index contributed by atoms with van der Waals surface area (Å²) in [6, 6.07) is 16.8. The Morgan fingerprint density at radius 1 is 1.02 bits per heavy atom. The van der Waals surface area contributed by atoms with Crippen LogP contribution in [0.25, 0.3) is 33.3 Å². The number of fused-ring (bicyclic) bond motifs is 1. The molecule has 0 bridgehead atoms. The summed E-state index contributed by atoms with van der Waals surface area (Å²) in [4.78, 5) is 75.2. The number of benzene rings is 2. The molecule has 7 rings (SSSR count). The predicted molar refractivity (Wildman–Crippen MR) is 253 cm³/mol. The van der Waals surface area contributed by atoms with Crippen LogP contribution < -0.4 is 10.7 Å². The third-order valence-electron chi connectivity index (χ3n) is 13.7. The first-order valence-electron chi connectivity index (χ1n) is 23.2. The van der Waals surface area contributed by atoms with E-state index in [1.54, 1.807) is 35.0 Å². The van der Waals surface area contributed by atoms with Crippen molar-refractivity contribution in [3.05, 3.63) is 77.6 Å². The number of likely N-dealkylation sites (tertiary alicyclic amines) is 2. The second-order valence-electron chi connectivity index (χ2n) is 19.3. The summed E-state index contributed by atoms with van der Waals surface area (Å²) >= 11 is 0. The fourth-order valence-corrected chi connectivity index (χ4v) is 10.2. The van der Waals surface area contributed by atoms with Crippen molar-refractivity contribution in [3.8, 4) is 34.2 Å². The molecule has 1 unspecified atom stereocenters. The van der Waals surface area contributed by atoms with Crippen LogP contribution in [0.4, 0.5) is 0 Å². The summed E-state index contributed by atoms with van der Waals surface area (Å²) in [6.07, 6.45) is 5.21. The molecule has 14 heteroatoms. The normalized spacial score (nSPS) is 18.9. The van der Waals surface area contributed by atoms with E-state index in [1.807, 2.05) is 45.0 Å². The highest BCUT2D eigenvalue weighted by Crippen LogP contribution is 2.43. The van der Waals surface area contributed by atoms with Gasteiger partial charge in [-0.05, 0) is 104 Å². The molecule has 2 aromatic heterocycles. The number of aromatic nitrogens is 2. The zero-order chi connectivity index (χ0) is 47.3. The van der Waals surface area contributed by atoms with Gasteiger partial charge in [-0.2, -0.15) is 0 Å². The quantitative estimate of drug-likeness (QED) is 0.102. The van der Waals surface area contributed by atoms with Crippen molar-refractivity contribution in [2.75, 3.05) is 46.4 Å². The molecule has 0 radical (unpaired) electrons. The van der Waals surface area contributed by atoms with E-state index in [4.69, 9.17) is 14.5 Å². The first-order chi connectivity index (χ1) is 31.6. The number of methoxy groups -OCH3 is 1. The SMILES string of the molecule is CC#CC(=O)N1CCC2(CCN([C@H](C(=O)N[C@@H](Cc3cccc(-c4ccc5c(c4)c(CC(C)(C)COC=O)c(-c4cccnc4[C@H](C)OC)n5C)c3)C(=O)N3CCCCN3)C(C)C)C2=O)C1. The smallest absolute Gasteiger partial charge is 0.298 e. The molecule has 2 aromatic carbocycles. The molecule has 3 aliphatic rings. The van der Waals surface area contributed by atoms with Crippen LogP contribution in [-0.2, 0) is 53.3 Å². The monoisotopic (exact) mass is 899 g/mol. The van der Waals surface area contributed by atoms with Gasteiger partial charge in [-0.25, -0.2) is 5.43 Å². The van der Waals surface area contributed by atoms with E-state index in [2.05, 4.69) is 78.4 Å². The summed E-state index contributed by atoms with van der Waals surface area (Å²) in [6.45, 7) is 14.7. The number of nitrogens with zero attached hydrogens (tertiary/aromatic N) is 5. The number of carbonyl (C=O) groups is 5. The van der Waals surface area contributed by atoms with Gasteiger partial charge < -0.3 is 29.2 Å². The highest BCUT2D eigenvalue weighted by molar-refractivity contribution is 5.98. The number of aryl methyl sites for hydroxylation is 1. The lowest BCUT2D eigenvalue weighted by molar-refractivity contribution is -0.146. The van der Waals surface area contributed by atoms with Crippen molar-refractivity contribution >= 4 is 41.0 Å². The van der Waals surface area contributed by atoms with Crippen LogP contribution in [-0.4, -0.2) is 113 Å². The van der Waals surface area contributed by atoms with Gasteiger partial charge in [-0.1, -0.05) is 63.9 Å². The number of hydrazine groups is 1. The van der Waals surface area contributed by atoms with Gasteiger partial charge in [0.25, 0.3) is 18.3 Å². The fraction of sp³-hybridized carbons (Fsp3) is 0.500. The van der Waals surface area contributed by atoms with Crippen molar-refractivity contribution in [1.82, 2.24) is 35.1 Å². The fourth-order valence-electron chi connectivity index (χ4n) is 10.2. The molecule has 3 aliphatic heterocycles. The molecule has 3 fully saturated rings. The molecular weight excluding hydrogens is 835 g/mol. The first-order valence-corrected chi connectivity index (χ1v) is 23.2. The second-order valence-corrected chi connectivity index (χ2v) is 19.3. The van der Waals surface area contributed by atoms with E-state index in [9.17, 15) is 24.0 Å². The molecule has 350 valence electrons. The lowest BCUT2D eigenvalue weighted by atomic mass is 9.84. The average Bonchev–Trinajstić information content (AvgIpc) is 3.97. The third-order valence-corrected chi connectivity index (χ3v) is 13.7. The maximum atomic E-state index is 14.6. The summed E-state index contributed by atoms with van der Waals surface area (Å²) in [7, 11) is 3.74. The predicted octanol–water partition coefficient (Wildman–Crippen LogP) is 6.01. The van der Waals surface area contributed by atoms with Gasteiger partial charge in [0, 0.05) is 81.4 Å². The van der Waals surface area contributed by atoms with E-state index in [0.29, 0.717) is 51.9 Å². The average molecular weight is 900 g/mol. The van der Waals surface area contributed by atoms with Crippen LogP contribution in [0.5, 0.6) is 0 Å². The minimum atomic E-state index is -0.914. The largest absolute Gasteiger partial charge is 0.467 e. The molecule has 4 aromatic rings. The first kappa shape index (κ1) is 47.9. The maximum Gasteiger partial charge on any atom is 0.298 e. The number of hydrogen-bond acceptors (Lipinski definition) is 9.